The molecule has 6 heteroatoms. The molecule has 0 saturated carbocycles. The number of hydrogen-bond acceptors (Lipinski definition) is 4. The van der Waals surface area contributed by atoms with E-state index in [0.717, 1.165) is 63.0 Å². The van der Waals surface area contributed by atoms with Gasteiger partial charge >= 0.3 is 0 Å². The number of nitrogens with one attached hydrogen (secondary N) is 2. The van der Waals surface area contributed by atoms with Gasteiger partial charge in [-0.1, -0.05) is 37.3 Å². The van der Waals surface area contributed by atoms with Crippen molar-refractivity contribution in [3.63, 3.8) is 0 Å². The number of hydrogen-bond donors (Lipinski definition) is 2. The maximum Gasteiger partial charge on any atom is 0.231 e. The van der Waals surface area contributed by atoms with Crippen molar-refractivity contribution in [2.24, 2.45) is 4.99 Å². The first-order valence-corrected chi connectivity index (χ1v) is 10.7. The van der Waals surface area contributed by atoms with Gasteiger partial charge in [0.25, 0.3) is 0 Å². The van der Waals surface area contributed by atoms with Crippen molar-refractivity contribution in [3.05, 3.63) is 59.2 Å². The van der Waals surface area contributed by atoms with Crippen LogP contribution in [0.3, 0.4) is 0 Å². The Morgan fingerprint density at radius 3 is 2.53 bits per heavy atom. The molecule has 2 heterocycles. The SMILES string of the molecule is CCc1ccccc1CNC(=NC)NCC1(c2ccc3c(c2)OCO3)CCOCC1. The molecule has 2 aliphatic heterocycles. The van der Waals surface area contributed by atoms with Crippen LogP contribution in [0.1, 0.15) is 36.5 Å². The number of guanidine groups is 1. The summed E-state index contributed by atoms with van der Waals surface area (Å²) in [7, 11) is 1.82. The molecule has 1 saturated heterocycles. The Morgan fingerprint density at radius 2 is 1.77 bits per heavy atom. The first-order valence-electron chi connectivity index (χ1n) is 10.7. The van der Waals surface area contributed by atoms with E-state index >= 15 is 0 Å². The van der Waals surface area contributed by atoms with Crippen LogP contribution in [0.5, 0.6) is 11.5 Å². The van der Waals surface area contributed by atoms with Gasteiger partial charge in [0, 0.05) is 38.8 Å². The molecule has 0 unspecified atom stereocenters. The first-order chi connectivity index (χ1) is 14.7. The van der Waals surface area contributed by atoms with Crippen molar-refractivity contribution in [1.29, 1.82) is 0 Å². The number of benzene rings is 2. The van der Waals surface area contributed by atoms with E-state index < -0.39 is 0 Å². The second-order valence-electron chi connectivity index (χ2n) is 7.86. The predicted molar refractivity (Wildman–Crippen MR) is 118 cm³/mol. The van der Waals surface area contributed by atoms with Gasteiger partial charge in [0.2, 0.25) is 6.79 Å². The monoisotopic (exact) mass is 409 g/mol. The van der Waals surface area contributed by atoms with Crippen LogP contribution < -0.4 is 20.1 Å². The summed E-state index contributed by atoms with van der Waals surface area (Å²) in [6, 6.07) is 14.8. The Hall–Kier alpha value is -2.73. The number of ether oxygens (including phenoxy) is 3. The summed E-state index contributed by atoms with van der Waals surface area (Å²) in [6.45, 7) is 5.53. The minimum absolute atomic E-state index is 0.0296. The Balaban J connectivity index is 1.45. The fourth-order valence-corrected chi connectivity index (χ4v) is 4.28. The van der Waals surface area contributed by atoms with E-state index in [4.69, 9.17) is 14.2 Å². The van der Waals surface area contributed by atoms with Gasteiger partial charge in [0.1, 0.15) is 0 Å². The molecular weight excluding hydrogens is 378 g/mol. The normalized spacial score (nSPS) is 17.6. The second-order valence-corrected chi connectivity index (χ2v) is 7.86. The zero-order valence-corrected chi connectivity index (χ0v) is 17.9. The molecule has 0 spiro atoms. The predicted octanol–water partition coefficient (Wildman–Crippen LogP) is 3.39. The Morgan fingerprint density at radius 1 is 1.00 bits per heavy atom. The lowest BCUT2D eigenvalue weighted by Crippen LogP contribution is -2.48. The van der Waals surface area contributed by atoms with Crippen molar-refractivity contribution < 1.29 is 14.2 Å². The summed E-state index contributed by atoms with van der Waals surface area (Å²) in [5.74, 6) is 2.46. The van der Waals surface area contributed by atoms with Crippen LogP contribution in [0.2, 0.25) is 0 Å². The maximum absolute atomic E-state index is 5.67. The fourth-order valence-electron chi connectivity index (χ4n) is 4.28. The van der Waals surface area contributed by atoms with Crippen LogP contribution in [0.25, 0.3) is 0 Å². The molecule has 1 fully saturated rings. The van der Waals surface area contributed by atoms with Crippen LogP contribution in [-0.2, 0) is 23.1 Å². The molecule has 0 aromatic heterocycles. The fraction of sp³-hybridized carbons (Fsp3) is 0.458. The summed E-state index contributed by atoms with van der Waals surface area (Å²) < 4.78 is 16.8. The Labute approximate surface area is 178 Å². The van der Waals surface area contributed by atoms with E-state index in [1.807, 2.05) is 13.1 Å². The molecule has 160 valence electrons. The Kier molecular flexibility index (Phi) is 6.43. The molecule has 0 aliphatic carbocycles. The highest BCUT2D eigenvalue weighted by atomic mass is 16.7. The van der Waals surface area contributed by atoms with Crippen molar-refractivity contribution >= 4 is 5.96 Å². The van der Waals surface area contributed by atoms with Crippen molar-refractivity contribution in [3.8, 4) is 11.5 Å². The number of aliphatic imine (C=N–C) groups is 1. The molecule has 6 nitrogen and oxygen atoms in total. The van der Waals surface area contributed by atoms with E-state index in [0.29, 0.717) is 6.79 Å². The standard InChI is InChI=1S/C24H31N3O3/c1-3-18-6-4-5-7-19(18)15-26-23(25-2)27-16-24(10-12-28-13-11-24)20-8-9-21-22(14-20)30-17-29-21/h4-9,14H,3,10-13,15-17H2,1-2H3,(H2,25,26,27). The first kappa shape index (κ1) is 20.5. The number of nitrogens with zero attached hydrogens (tertiary/aromatic N) is 1. The van der Waals surface area contributed by atoms with Gasteiger partial charge in [-0.25, -0.2) is 0 Å². The van der Waals surface area contributed by atoms with Crippen LogP contribution in [0.15, 0.2) is 47.5 Å². The largest absolute Gasteiger partial charge is 0.454 e. The van der Waals surface area contributed by atoms with Crippen molar-refractivity contribution in [1.82, 2.24) is 10.6 Å². The van der Waals surface area contributed by atoms with E-state index in [1.165, 1.54) is 16.7 Å². The third kappa shape index (κ3) is 4.38. The van der Waals surface area contributed by atoms with Gasteiger partial charge in [0.15, 0.2) is 17.5 Å². The minimum atomic E-state index is -0.0296. The minimum Gasteiger partial charge on any atom is -0.454 e. The molecule has 0 atom stereocenters. The lowest BCUT2D eigenvalue weighted by molar-refractivity contribution is 0.0513. The molecular formula is C24H31N3O3. The third-order valence-corrected chi connectivity index (χ3v) is 6.20. The molecule has 2 N–H and O–H groups in total. The van der Waals surface area contributed by atoms with Gasteiger partial charge in [-0.15, -0.1) is 0 Å². The molecule has 2 aromatic rings. The average molecular weight is 410 g/mol. The number of rotatable bonds is 6. The molecule has 2 aliphatic rings. The lowest BCUT2D eigenvalue weighted by atomic mass is 9.74. The average Bonchev–Trinajstić information content (AvgIpc) is 3.28. The smallest absolute Gasteiger partial charge is 0.231 e. The molecule has 30 heavy (non-hydrogen) atoms. The summed E-state index contributed by atoms with van der Waals surface area (Å²) in [5, 5.41) is 7.04. The van der Waals surface area contributed by atoms with E-state index in [9.17, 15) is 0 Å². The highest BCUT2D eigenvalue weighted by Gasteiger charge is 2.35. The molecule has 0 radical (unpaired) electrons. The topological polar surface area (TPSA) is 64.1 Å². The van der Waals surface area contributed by atoms with E-state index in [2.05, 4.69) is 58.9 Å². The molecule has 2 aromatic carbocycles. The maximum atomic E-state index is 5.67. The summed E-state index contributed by atoms with van der Waals surface area (Å²) in [6.07, 6.45) is 2.93. The van der Waals surface area contributed by atoms with Crippen molar-refractivity contribution in [2.45, 2.75) is 38.1 Å². The molecule has 0 bridgehead atoms. The molecule has 0 amide bonds. The van der Waals surface area contributed by atoms with Gasteiger partial charge in [0.05, 0.1) is 0 Å². The van der Waals surface area contributed by atoms with Gasteiger partial charge in [-0.2, -0.15) is 0 Å². The van der Waals surface area contributed by atoms with Crippen LogP contribution in [0, 0.1) is 0 Å². The number of aryl methyl sites for hydroxylation is 1. The Bertz CT molecular complexity index is 891. The quantitative estimate of drug-likeness (QED) is 0.566. The zero-order valence-electron chi connectivity index (χ0n) is 17.9. The lowest BCUT2D eigenvalue weighted by Gasteiger charge is -2.38. The highest BCUT2D eigenvalue weighted by molar-refractivity contribution is 5.79. The number of fused-ring (bicyclic) bond motifs is 1. The van der Waals surface area contributed by atoms with E-state index in [-0.39, 0.29) is 5.41 Å². The highest BCUT2D eigenvalue weighted by Crippen LogP contribution is 2.40. The second kappa shape index (κ2) is 9.39. The van der Waals surface area contributed by atoms with Crippen molar-refractivity contribution in [2.75, 3.05) is 33.6 Å². The third-order valence-electron chi connectivity index (χ3n) is 6.20. The van der Waals surface area contributed by atoms with Crippen LogP contribution in [-0.4, -0.2) is 39.6 Å². The van der Waals surface area contributed by atoms with Gasteiger partial charge < -0.3 is 24.8 Å². The van der Waals surface area contributed by atoms with Crippen LogP contribution in [0.4, 0.5) is 0 Å². The van der Waals surface area contributed by atoms with Crippen LogP contribution >= 0.6 is 0 Å². The zero-order chi connectivity index (χ0) is 20.8. The summed E-state index contributed by atoms with van der Waals surface area (Å²) in [5.41, 5.74) is 3.90. The molecule has 4 rings (SSSR count). The summed E-state index contributed by atoms with van der Waals surface area (Å²) >= 11 is 0. The van der Waals surface area contributed by atoms with E-state index in [1.54, 1.807) is 0 Å². The summed E-state index contributed by atoms with van der Waals surface area (Å²) in [4.78, 5) is 4.44. The van der Waals surface area contributed by atoms with Gasteiger partial charge in [-0.05, 0) is 48.1 Å². The van der Waals surface area contributed by atoms with Gasteiger partial charge in [-0.3, -0.25) is 4.99 Å².